The summed E-state index contributed by atoms with van der Waals surface area (Å²) in [5.74, 6) is -0.0822. The Morgan fingerprint density at radius 1 is 0.464 bits per heavy atom. The molecule has 1 N–H and O–H groups in total. The van der Waals surface area contributed by atoms with E-state index >= 15 is 0 Å². The standard InChI is InChI=1S/C5H5N.C5H8O2.C5H10O.C4H4N2.C4H5N.C4H6O2.C4H8O.C4H4O.C4H4S.C3H3NO/c1-2-4-6-5-3-1;6-5-3-1-2-4-7-5;1-2-4-6-5-3-1;1-2-6-4-3-5-1;1-2-4-5-3-1;5-4-2-1-3-6-4;4*1-2-4-5-3-1/h1-5H;1-4H2;1-5H2;1-4H;1-5H;1-3H2;1-4H2;2*1-4H;1-3H. The highest BCUT2D eigenvalue weighted by Crippen LogP contribution is 2.04. The minimum atomic E-state index is -0.0463. The van der Waals surface area contributed by atoms with E-state index in [1.807, 2.05) is 77.8 Å². The summed E-state index contributed by atoms with van der Waals surface area (Å²) in [6.07, 6.45) is 30.9. The van der Waals surface area contributed by atoms with Gasteiger partial charge in [-0.1, -0.05) is 23.4 Å². The van der Waals surface area contributed by atoms with E-state index < -0.39 is 0 Å². The number of pyridine rings is 1. The van der Waals surface area contributed by atoms with Crippen molar-refractivity contribution in [2.24, 2.45) is 0 Å². The molecule has 0 amide bonds. The molecule has 0 bridgehead atoms. The van der Waals surface area contributed by atoms with Crippen LogP contribution < -0.4 is 0 Å². The number of cyclic esters (lactones) is 2. The smallest absolute Gasteiger partial charge is 0.305 e. The van der Waals surface area contributed by atoms with Crippen molar-refractivity contribution < 1.29 is 37.5 Å². The number of rotatable bonds is 0. The molecule has 0 radical (unpaired) electrons. The van der Waals surface area contributed by atoms with E-state index in [1.165, 1.54) is 38.4 Å². The van der Waals surface area contributed by atoms with Crippen LogP contribution in [0.1, 0.15) is 64.2 Å². The maximum absolute atomic E-state index is 10.2. The molecular weight excluding hydrogens is 735 g/mol. The molecule has 304 valence electrons. The van der Waals surface area contributed by atoms with Crippen LogP contribution in [0.25, 0.3) is 0 Å². The molecule has 13 nitrogen and oxygen atoms in total. The molecule has 4 saturated heterocycles. The number of ether oxygens (including phenoxy) is 4. The second kappa shape index (κ2) is 42.3. The van der Waals surface area contributed by atoms with E-state index in [4.69, 9.17) is 9.47 Å². The maximum Gasteiger partial charge on any atom is 0.305 e. The summed E-state index contributed by atoms with van der Waals surface area (Å²) in [4.78, 5) is 34.4. The molecule has 4 fully saturated rings. The second-order valence-electron chi connectivity index (χ2n) is 11.1. The first-order valence-electron chi connectivity index (χ1n) is 18.7. The van der Waals surface area contributed by atoms with Crippen molar-refractivity contribution in [3.05, 3.63) is 146 Å². The Morgan fingerprint density at radius 3 is 1.18 bits per heavy atom. The van der Waals surface area contributed by atoms with Gasteiger partial charge in [-0.25, -0.2) is 0 Å². The fourth-order valence-electron chi connectivity index (χ4n) is 3.77. The second-order valence-corrected chi connectivity index (χ2v) is 11.9. The molecular formula is C42H57N5O8S. The van der Waals surface area contributed by atoms with Crippen molar-refractivity contribution >= 4 is 23.3 Å². The molecule has 0 saturated carbocycles. The van der Waals surface area contributed by atoms with Gasteiger partial charge >= 0.3 is 11.9 Å². The number of hydrogen-bond acceptors (Lipinski definition) is 13. The first-order chi connectivity index (χ1) is 27.8. The van der Waals surface area contributed by atoms with Gasteiger partial charge in [0, 0.05) is 88.8 Å². The summed E-state index contributed by atoms with van der Waals surface area (Å²) >= 11 is 1.71. The molecule has 6 aromatic heterocycles. The van der Waals surface area contributed by atoms with Crippen LogP contribution in [0.4, 0.5) is 0 Å². The van der Waals surface area contributed by atoms with Crippen LogP contribution in [0.2, 0.25) is 0 Å². The first-order valence-corrected chi connectivity index (χ1v) is 19.6. The lowest BCUT2D eigenvalue weighted by molar-refractivity contribution is -0.146. The minimum Gasteiger partial charge on any atom is -0.473 e. The summed E-state index contributed by atoms with van der Waals surface area (Å²) in [7, 11) is 0. The van der Waals surface area contributed by atoms with E-state index in [1.54, 1.807) is 73.3 Å². The third-order valence-electron chi connectivity index (χ3n) is 6.47. The number of thiophene rings is 1. The molecule has 10 heterocycles. The van der Waals surface area contributed by atoms with Gasteiger partial charge in [0.15, 0.2) is 0 Å². The Bertz CT molecular complexity index is 1200. The van der Waals surface area contributed by atoms with Crippen molar-refractivity contribution in [2.45, 2.75) is 64.2 Å². The molecule has 0 unspecified atom stereocenters. The van der Waals surface area contributed by atoms with E-state index in [0.717, 1.165) is 45.7 Å². The van der Waals surface area contributed by atoms with Crippen LogP contribution in [-0.4, -0.2) is 76.7 Å². The maximum atomic E-state index is 10.2. The Labute approximate surface area is 334 Å². The largest absolute Gasteiger partial charge is 0.473 e. The fourth-order valence-corrected chi connectivity index (χ4v) is 4.23. The third-order valence-corrected chi connectivity index (χ3v) is 7.10. The molecule has 0 atom stereocenters. The summed E-state index contributed by atoms with van der Waals surface area (Å²) in [5.41, 5.74) is 0. The summed E-state index contributed by atoms with van der Waals surface area (Å²) in [5, 5.41) is 7.43. The highest BCUT2D eigenvalue weighted by Gasteiger charge is 2.08. The lowest BCUT2D eigenvalue weighted by Crippen LogP contribution is -2.10. The summed E-state index contributed by atoms with van der Waals surface area (Å²) < 4.78 is 28.1. The molecule has 10 rings (SSSR count). The summed E-state index contributed by atoms with van der Waals surface area (Å²) in [6.45, 7) is 5.28. The first kappa shape index (κ1) is 48.6. The number of hydrogen-bond donors (Lipinski definition) is 1. The van der Waals surface area contributed by atoms with Crippen LogP contribution in [0, 0.1) is 0 Å². The Morgan fingerprint density at radius 2 is 0.982 bits per heavy atom. The zero-order valence-electron chi connectivity index (χ0n) is 32.1. The SMILES string of the molecule is C1CCOC1.C1CCOCC1.O=C1CCCCO1.O=C1CCCO1.c1cc[nH]c1.c1ccncc1.c1ccoc1.c1ccsc1.c1cnccn1.c1cnoc1. The van der Waals surface area contributed by atoms with Gasteiger partial charge in [-0.15, -0.1) is 0 Å². The normalized spacial score (nSPS) is 14.2. The number of nitrogens with one attached hydrogen (secondary N) is 1. The van der Waals surface area contributed by atoms with Gasteiger partial charge in [0.25, 0.3) is 0 Å². The van der Waals surface area contributed by atoms with Crippen molar-refractivity contribution in [3.63, 3.8) is 0 Å². The van der Waals surface area contributed by atoms with Crippen LogP contribution in [0.5, 0.6) is 0 Å². The van der Waals surface area contributed by atoms with Gasteiger partial charge in [0.1, 0.15) is 6.26 Å². The van der Waals surface area contributed by atoms with E-state index in [-0.39, 0.29) is 11.9 Å². The number of H-pyrrole nitrogens is 1. The number of nitrogens with zero attached hydrogens (tertiary/aromatic N) is 4. The molecule has 56 heavy (non-hydrogen) atoms. The number of carbonyl (C=O) groups excluding carboxylic acids is 2. The van der Waals surface area contributed by atoms with Crippen LogP contribution >= 0.6 is 11.3 Å². The van der Waals surface area contributed by atoms with E-state index in [2.05, 4.69) is 43.5 Å². The van der Waals surface area contributed by atoms with Crippen LogP contribution in [0.15, 0.2) is 155 Å². The van der Waals surface area contributed by atoms with Gasteiger partial charge in [-0.2, -0.15) is 11.3 Å². The van der Waals surface area contributed by atoms with Gasteiger partial charge < -0.3 is 32.9 Å². The number of furan rings is 1. The number of aromatic amines is 1. The Kier molecular flexibility index (Phi) is 36.7. The van der Waals surface area contributed by atoms with Crippen molar-refractivity contribution in [2.75, 3.05) is 39.6 Å². The average Bonchev–Trinajstić information content (AvgIpc) is 4.15. The lowest BCUT2D eigenvalue weighted by atomic mass is 10.2. The molecule has 0 aliphatic carbocycles. The predicted molar refractivity (Wildman–Crippen MR) is 216 cm³/mol. The highest BCUT2D eigenvalue weighted by atomic mass is 32.1. The third kappa shape index (κ3) is 39.8. The molecule has 0 aromatic carbocycles. The molecule has 4 aliphatic rings. The fraction of sp³-hybridized carbons (Fsp3) is 0.381. The highest BCUT2D eigenvalue weighted by molar-refractivity contribution is 7.07. The zero-order valence-corrected chi connectivity index (χ0v) is 32.9. The summed E-state index contributed by atoms with van der Waals surface area (Å²) in [6, 6.07) is 19.0. The predicted octanol–water partition coefficient (Wildman–Crippen LogP) is 9.30. The van der Waals surface area contributed by atoms with Gasteiger partial charge in [0.2, 0.25) is 0 Å². The van der Waals surface area contributed by atoms with Crippen LogP contribution in [0.3, 0.4) is 0 Å². The quantitative estimate of drug-likeness (QED) is 0.145. The number of esters is 2. The van der Waals surface area contributed by atoms with Crippen molar-refractivity contribution in [1.29, 1.82) is 0 Å². The Hall–Kier alpha value is -5.44. The molecule has 0 spiro atoms. The van der Waals surface area contributed by atoms with Gasteiger partial charge in [-0.05, 0) is 105 Å². The lowest BCUT2D eigenvalue weighted by Gasteiger charge is -2.08. The van der Waals surface area contributed by atoms with E-state index in [0.29, 0.717) is 26.1 Å². The van der Waals surface area contributed by atoms with Gasteiger partial charge in [-0.3, -0.25) is 24.5 Å². The number of carbonyl (C=O) groups is 2. The van der Waals surface area contributed by atoms with E-state index in [9.17, 15) is 9.59 Å². The van der Waals surface area contributed by atoms with Crippen LogP contribution in [-0.2, 0) is 28.5 Å². The molecule has 14 heteroatoms. The zero-order chi connectivity index (χ0) is 39.9. The Balaban J connectivity index is 0.000000312. The minimum absolute atomic E-state index is 0.0359. The topological polar surface area (TPSA) is 165 Å². The molecule has 4 aliphatic heterocycles. The monoisotopic (exact) mass is 791 g/mol. The number of aromatic nitrogens is 5. The van der Waals surface area contributed by atoms with Crippen molar-refractivity contribution in [3.8, 4) is 0 Å². The van der Waals surface area contributed by atoms with Crippen molar-refractivity contribution in [1.82, 2.24) is 25.1 Å². The molecule has 6 aromatic rings. The van der Waals surface area contributed by atoms with Gasteiger partial charge in [0.05, 0.1) is 31.9 Å². The average molecular weight is 792 g/mol.